The number of carbonyl (C=O) groups excluding carboxylic acids is 2. The topological polar surface area (TPSA) is 94.7 Å². The Hall–Kier alpha value is -2.34. The number of halogens is 6. The second kappa shape index (κ2) is 20.9. The van der Waals surface area contributed by atoms with Gasteiger partial charge >= 0.3 is 12.1 Å². The molecule has 2 heterocycles. The quantitative estimate of drug-likeness (QED) is 0.133. The molecular weight excluding hydrogens is 785 g/mol. The number of imidazole rings is 2. The van der Waals surface area contributed by atoms with E-state index < -0.39 is 0 Å². The van der Waals surface area contributed by atoms with Gasteiger partial charge in [-0.3, -0.25) is 9.13 Å². The summed E-state index contributed by atoms with van der Waals surface area (Å²) < 4.78 is 14.1. The molecule has 0 N–H and O–H groups in total. The van der Waals surface area contributed by atoms with Crippen molar-refractivity contribution in [1.82, 2.24) is 28.9 Å². The molecule has 2 aromatic carbocycles. The number of hydrogen-bond acceptors (Lipinski definition) is 6. The minimum atomic E-state index is -0.152. The van der Waals surface area contributed by atoms with Gasteiger partial charge in [-0.15, -0.1) is 0 Å². The van der Waals surface area contributed by atoms with Crippen LogP contribution >= 0.6 is 69.6 Å². The number of ether oxygens (including phenoxy) is 2. The van der Waals surface area contributed by atoms with E-state index in [1.54, 1.807) is 58.9 Å². The van der Waals surface area contributed by atoms with Gasteiger partial charge in [0.15, 0.2) is 11.5 Å². The fraction of sp³-hybridized carbons (Fsp3) is 0.333. The van der Waals surface area contributed by atoms with Crippen molar-refractivity contribution >= 4 is 81.7 Å². The van der Waals surface area contributed by atoms with E-state index in [0.29, 0.717) is 67.8 Å². The van der Waals surface area contributed by atoms with E-state index in [2.05, 4.69) is 9.97 Å². The van der Waals surface area contributed by atoms with Crippen LogP contribution in [0, 0.1) is 0 Å². The van der Waals surface area contributed by atoms with Crippen molar-refractivity contribution in [2.24, 2.45) is 0 Å². The molecule has 1 radical (unpaired) electrons. The number of carbonyl (C=O) groups is 2. The van der Waals surface area contributed by atoms with Crippen LogP contribution in [0.1, 0.15) is 26.7 Å². The Bertz CT molecular complexity index is 1400. The Morgan fingerprint density at radius 1 is 0.638 bits per heavy atom. The Morgan fingerprint density at radius 2 is 0.979 bits per heavy atom. The van der Waals surface area contributed by atoms with Crippen LogP contribution in [0.3, 0.4) is 0 Å². The molecule has 0 spiro atoms. The van der Waals surface area contributed by atoms with Crippen LogP contribution in [0.5, 0.6) is 11.5 Å². The molecule has 0 aliphatic heterocycles. The summed E-state index contributed by atoms with van der Waals surface area (Å²) in [5.41, 5.74) is 0. The third-order valence-electron chi connectivity index (χ3n) is 6.12. The number of hydrogen-bond donors (Lipinski definition) is 0. The summed E-state index contributed by atoms with van der Waals surface area (Å²) in [6, 6.07) is 5.94. The van der Waals surface area contributed by atoms with Gasteiger partial charge in [0.1, 0.15) is 25.9 Å². The van der Waals surface area contributed by atoms with Crippen LogP contribution in [0.2, 0.25) is 30.1 Å². The van der Waals surface area contributed by atoms with Crippen LogP contribution in [0.15, 0.2) is 61.7 Å². The molecule has 0 aliphatic rings. The van der Waals surface area contributed by atoms with Crippen LogP contribution < -0.4 is 9.47 Å². The molecule has 0 unspecified atom stereocenters. The van der Waals surface area contributed by atoms with Crippen LogP contribution in [-0.4, -0.2) is 80.4 Å². The van der Waals surface area contributed by atoms with Gasteiger partial charge in [0.25, 0.3) is 0 Å². The molecule has 0 fully saturated rings. The average Bonchev–Trinajstić information content (AvgIpc) is 3.74. The zero-order valence-corrected chi connectivity index (χ0v) is 30.8. The van der Waals surface area contributed by atoms with Crippen molar-refractivity contribution < 1.29 is 36.1 Å². The summed E-state index contributed by atoms with van der Waals surface area (Å²) >= 11 is 36.0. The average molecular weight is 817 g/mol. The number of nitrogens with zero attached hydrogens (tertiary/aromatic N) is 6. The molecule has 0 saturated carbocycles. The second-order valence-electron chi connectivity index (χ2n) is 9.57. The molecule has 0 bridgehead atoms. The first kappa shape index (κ1) is 40.8. The number of amides is 2. The molecule has 0 saturated heterocycles. The van der Waals surface area contributed by atoms with E-state index >= 15 is 0 Å². The van der Waals surface area contributed by atoms with Gasteiger partial charge in [0.05, 0.1) is 33.2 Å². The second-order valence-corrected chi connectivity index (χ2v) is 12.1. The van der Waals surface area contributed by atoms with Crippen LogP contribution in [-0.2, 0) is 17.1 Å². The van der Waals surface area contributed by atoms with E-state index in [1.165, 1.54) is 21.8 Å². The summed E-state index contributed by atoms with van der Waals surface area (Å²) in [5.74, 6) is 0.730. The smallest absolute Gasteiger partial charge is 0.329 e. The molecule has 0 aliphatic carbocycles. The van der Waals surface area contributed by atoms with E-state index in [4.69, 9.17) is 79.1 Å². The maximum atomic E-state index is 12.3. The molecule has 259 valence electrons. The van der Waals surface area contributed by atoms with Gasteiger partial charge < -0.3 is 19.3 Å². The number of rotatable bonds is 12. The monoisotopic (exact) mass is 813 g/mol. The summed E-state index contributed by atoms with van der Waals surface area (Å²) in [6.07, 6.45) is 11.0. The molecule has 0 atom stereocenters. The van der Waals surface area contributed by atoms with Gasteiger partial charge in [0.2, 0.25) is 0 Å². The minimum Gasteiger partial charge on any atom is -0.489 e. The molecule has 47 heavy (non-hydrogen) atoms. The molecule has 4 rings (SSSR count). The summed E-state index contributed by atoms with van der Waals surface area (Å²) in [5, 5.41) is 2.23. The molecular formula is C30H32Cl6CuN6O4. The first-order valence-electron chi connectivity index (χ1n) is 14.1. The molecule has 2 amide bonds. The number of benzene rings is 2. The summed E-state index contributed by atoms with van der Waals surface area (Å²) in [6.45, 7) is 6.57. The van der Waals surface area contributed by atoms with Crippen molar-refractivity contribution in [1.29, 1.82) is 0 Å². The SMILES string of the molecule is CCCN(CCOc1c(Cl)cc(Cl)cc1Cl)C(=O)n1ccnc1.CCCN(CCOc1c(Cl)cc(Cl)cc1Cl)C(=O)n1ccnc1.[Cu]. The fourth-order valence-corrected chi connectivity index (χ4v) is 5.92. The van der Waals surface area contributed by atoms with Gasteiger partial charge in [-0.1, -0.05) is 83.5 Å². The zero-order chi connectivity index (χ0) is 33.6. The minimum absolute atomic E-state index is 0. The van der Waals surface area contributed by atoms with E-state index in [-0.39, 0.29) is 42.3 Å². The predicted octanol–water partition coefficient (Wildman–Crippen LogP) is 9.20. The molecule has 4 aromatic rings. The summed E-state index contributed by atoms with van der Waals surface area (Å²) in [4.78, 5) is 35.8. The Morgan fingerprint density at radius 3 is 1.26 bits per heavy atom. The molecule has 17 heteroatoms. The predicted molar refractivity (Wildman–Crippen MR) is 184 cm³/mol. The van der Waals surface area contributed by atoms with Gasteiger partial charge in [0, 0.05) is 65.0 Å². The largest absolute Gasteiger partial charge is 0.489 e. The van der Waals surface area contributed by atoms with Crippen molar-refractivity contribution in [3.05, 3.63) is 91.8 Å². The molecule has 2 aromatic heterocycles. The van der Waals surface area contributed by atoms with Crippen LogP contribution in [0.25, 0.3) is 0 Å². The van der Waals surface area contributed by atoms with E-state index in [0.717, 1.165) is 12.8 Å². The molecule has 10 nitrogen and oxygen atoms in total. The maximum Gasteiger partial charge on any atom is 0.329 e. The first-order valence-corrected chi connectivity index (χ1v) is 16.4. The summed E-state index contributed by atoms with van der Waals surface area (Å²) in [7, 11) is 0. The first-order chi connectivity index (χ1) is 22.0. The third kappa shape index (κ3) is 12.6. The van der Waals surface area contributed by atoms with Gasteiger partial charge in [-0.25, -0.2) is 19.6 Å². The third-order valence-corrected chi connectivity index (χ3v) is 7.68. The normalized spacial score (nSPS) is 10.4. The number of aromatic nitrogens is 4. The Balaban J connectivity index is 0.000000320. The van der Waals surface area contributed by atoms with Crippen LogP contribution in [0.4, 0.5) is 9.59 Å². The van der Waals surface area contributed by atoms with Gasteiger partial charge in [-0.2, -0.15) is 0 Å². The zero-order valence-electron chi connectivity index (χ0n) is 25.3. The van der Waals surface area contributed by atoms with Gasteiger partial charge in [-0.05, 0) is 37.1 Å². The van der Waals surface area contributed by atoms with Crippen molar-refractivity contribution in [2.45, 2.75) is 26.7 Å². The van der Waals surface area contributed by atoms with E-state index in [9.17, 15) is 9.59 Å². The maximum absolute atomic E-state index is 12.3. The van der Waals surface area contributed by atoms with Crippen molar-refractivity contribution in [3.8, 4) is 11.5 Å². The van der Waals surface area contributed by atoms with Crippen molar-refractivity contribution in [3.63, 3.8) is 0 Å². The fourth-order valence-electron chi connectivity index (χ4n) is 4.07. The van der Waals surface area contributed by atoms with E-state index in [1.807, 2.05) is 13.8 Å². The Labute approximate surface area is 314 Å². The Kier molecular flexibility index (Phi) is 18.2. The standard InChI is InChI=1S/2C15H16Cl3N3O2.Cu/c2*1-2-4-20(15(22)21-5-3-19-10-21)6-7-23-14-12(17)8-11(16)9-13(14)18;/h2*3,5,8-10H,2,4,6-7H2,1H3;. The van der Waals surface area contributed by atoms with Crippen molar-refractivity contribution in [2.75, 3.05) is 39.4 Å².